The van der Waals surface area contributed by atoms with E-state index in [4.69, 9.17) is 11.5 Å². The first-order chi connectivity index (χ1) is 18.6. The molecule has 38 heavy (non-hydrogen) atoms. The molecule has 0 bridgehead atoms. The van der Waals surface area contributed by atoms with Gasteiger partial charge >= 0.3 is 0 Å². The molecule has 0 fully saturated rings. The third-order valence-electron chi connectivity index (χ3n) is 6.96. The van der Waals surface area contributed by atoms with Gasteiger partial charge in [0.25, 0.3) is 0 Å². The zero-order valence-electron chi connectivity index (χ0n) is 23.6. The Morgan fingerprint density at radius 1 is 0.763 bits per heavy atom. The first-order valence-electron chi connectivity index (χ1n) is 14.7. The van der Waals surface area contributed by atoms with Gasteiger partial charge in [-0.05, 0) is 30.4 Å². The molecule has 6 heteroatoms. The first kappa shape index (κ1) is 31.4. The maximum atomic E-state index is 13.5. The van der Waals surface area contributed by atoms with Gasteiger partial charge < -0.3 is 16.8 Å². The van der Waals surface area contributed by atoms with Crippen LogP contribution >= 0.6 is 0 Å². The van der Waals surface area contributed by atoms with Gasteiger partial charge in [-0.1, -0.05) is 125 Å². The Kier molecular flexibility index (Phi) is 16.6. The van der Waals surface area contributed by atoms with Crippen molar-refractivity contribution in [3.05, 3.63) is 71.8 Å². The minimum absolute atomic E-state index is 0.0948. The summed E-state index contributed by atoms with van der Waals surface area (Å²) in [6.45, 7) is 4.92. The summed E-state index contributed by atoms with van der Waals surface area (Å²) in [5, 5.41) is 3.24. The molecule has 2 aromatic carbocycles. The number of carbonyl (C=O) groups is 1. The van der Waals surface area contributed by atoms with Crippen LogP contribution in [0.4, 0.5) is 0 Å². The summed E-state index contributed by atoms with van der Waals surface area (Å²) in [4.78, 5) is 19.9. The molecular formula is C32H51N5O. The largest absolute Gasteiger partial charge is 0.370 e. The van der Waals surface area contributed by atoms with Gasteiger partial charge in [-0.3, -0.25) is 14.7 Å². The molecule has 0 saturated carbocycles. The van der Waals surface area contributed by atoms with E-state index in [2.05, 4.69) is 70.7 Å². The van der Waals surface area contributed by atoms with Crippen LogP contribution in [0.1, 0.15) is 95.1 Å². The standard InChI is InChI=1S/C32H51N5O/c1-2-3-4-5-6-7-8-9-10-17-24-35-31(38)30(23-18-25-36-32(33)34)37(26-28-19-13-11-14-20-28)27-29-21-15-12-16-22-29/h11-16,19-22,30H,2-10,17-18,23-27H2,1H3,(H,35,38)(H4,33,34,36)/t30-/m0/s1. The number of aliphatic imine (C=N–C) groups is 1. The number of nitrogens with one attached hydrogen (secondary N) is 1. The number of benzene rings is 2. The minimum atomic E-state index is -0.257. The van der Waals surface area contributed by atoms with Crippen molar-refractivity contribution in [2.75, 3.05) is 13.1 Å². The van der Waals surface area contributed by atoms with Gasteiger partial charge in [0, 0.05) is 26.2 Å². The highest BCUT2D eigenvalue weighted by atomic mass is 16.2. The molecule has 0 spiro atoms. The van der Waals surface area contributed by atoms with Crippen molar-refractivity contribution in [2.45, 2.75) is 103 Å². The molecule has 0 radical (unpaired) electrons. The van der Waals surface area contributed by atoms with E-state index < -0.39 is 0 Å². The Bertz CT molecular complexity index is 842. The molecule has 2 rings (SSSR count). The van der Waals surface area contributed by atoms with Crippen molar-refractivity contribution >= 4 is 11.9 Å². The number of nitrogens with zero attached hydrogens (tertiary/aromatic N) is 2. The van der Waals surface area contributed by atoms with Crippen LogP contribution in [0.3, 0.4) is 0 Å². The van der Waals surface area contributed by atoms with Crippen molar-refractivity contribution in [3.63, 3.8) is 0 Å². The molecule has 1 atom stereocenters. The summed E-state index contributed by atoms with van der Waals surface area (Å²) in [7, 11) is 0. The van der Waals surface area contributed by atoms with Crippen LogP contribution in [0.25, 0.3) is 0 Å². The highest BCUT2D eigenvalue weighted by Crippen LogP contribution is 2.18. The quantitative estimate of drug-likeness (QED) is 0.104. The average molecular weight is 522 g/mol. The number of carbonyl (C=O) groups excluding carboxylic acids is 1. The normalized spacial score (nSPS) is 11.8. The third-order valence-corrected chi connectivity index (χ3v) is 6.96. The highest BCUT2D eigenvalue weighted by Gasteiger charge is 2.26. The summed E-state index contributed by atoms with van der Waals surface area (Å²) in [6.07, 6.45) is 14.3. The van der Waals surface area contributed by atoms with E-state index in [0.29, 0.717) is 26.1 Å². The molecule has 1 amide bonds. The van der Waals surface area contributed by atoms with E-state index in [1.54, 1.807) is 0 Å². The SMILES string of the molecule is CCCCCCCCCCCCNC(=O)[C@H](CCCN=C(N)N)N(Cc1ccccc1)Cc1ccccc1. The van der Waals surface area contributed by atoms with Crippen LogP contribution in [0.15, 0.2) is 65.7 Å². The monoisotopic (exact) mass is 521 g/mol. The molecule has 0 aliphatic heterocycles. The van der Waals surface area contributed by atoms with E-state index in [1.165, 1.54) is 68.9 Å². The fourth-order valence-electron chi connectivity index (χ4n) is 4.83. The number of nitrogens with two attached hydrogens (primary N) is 2. The Labute approximate surface area is 231 Å². The first-order valence-corrected chi connectivity index (χ1v) is 14.7. The fourth-order valence-corrected chi connectivity index (χ4v) is 4.83. The van der Waals surface area contributed by atoms with Gasteiger partial charge in [-0.25, -0.2) is 0 Å². The topological polar surface area (TPSA) is 96.7 Å². The van der Waals surface area contributed by atoms with Gasteiger partial charge in [0.15, 0.2) is 5.96 Å². The molecule has 0 heterocycles. The molecule has 0 aromatic heterocycles. The zero-order chi connectivity index (χ0) is 27.3. The second-order valence-electron chi connectivity index (χ2n) is 10.3. The smallest absolute Gasteiger partial charge is 0.237 e. The van der Waals surface area contributed by atoms with Crippen molar-refractivity contribution < 1.29 is 4.79 Å². The summed E-state index contributed by atoms with van der Waals surface area (Å²) in [5.41, 5.74) is 13.4. The van der Waals surface area contributed by atoms with E-state index in [9.17, 15) is 4.79 Å². The molecule has 6 nitrogen and oxygen atoms in total. The number of amides is 1. The van der Waals surface area contributed by atoms with Crippen LogP contribution in [0.5, 0.6) is 0 Å². The van der Waals surface area contributed by atoms with Crippen LogP contribution in [0, 0.1) is 0 Å². The highest BCUT2D eigenvalue weighted by molar-refractivity contribution is 5.81. The number of guanidine groups is 1. The third kappa shape index (κ3) is 14.2. The second-order valence-corrected chi connectivity index (χ2v) is 10.3. The molecule has 0 aliphatic rings. The molecule has 210 valence electrons. The summed E-state index contributed by atoms with van der Waals surface area (Å²) >= 11 is 0. The zero-order valence-corrected chi connectivity index (χ0v) is 23.6. The summed E-state index contributed by atoms with van der Waals surface area (Å²) in [6, 6.07) is 20.5. The van der Waals surface area contributed by atoms with Gasteiger partial charge in [-0.15, -0.1) is 0 Å². The lowest BCUT2D eigenvalue weighted by atomic mass is 10.0. The fraction of sp³-hybridized carbons (Fsp3) is 0.562. The number of hydrogen-bond acceptors (Lipinski definition) is 3. The molecule has 0 unspecified atom stereocenters. The lowest BCUT2D eigenvalue weighted by Gasteiger charge is -2.31. The van der Waals surface area contributed by atoms with E-state index in [0.717, 1.165) is 19.4 Å². The van der Waals surface area contributed by atoms with Crippen molar-refractivity contribution in [1.29, 1.82) is 0 Å². The Morgan fingerprint density at radius 2 is 1.26 bits per heavy atom. The van der Waals surface area contributed by atoms with Crippen LogP contribution < -0.4 is 16.8 Å². The maximum Gasteiger partial charge on any atom is 0.237 e. The predicted octanol–water partition coefficient (Wildman–Crippen LogP) is 6.15. The van der Waals surface area contributed by atoms with E-state index in [-0.39, 0.29) is 17.9 Å². The molecule has 2 aromatic rings. The number of unbranched alkanes of at least 4 members (excludes halogenated alkanes) is 9. The van der Waals surface area contributed by atoms with Gasteiger partial charge in [0.05, 0.1) is 6.04 Å². The average Bonchev–Trinajstić information content (AvgIpc) is 2.92. The van der Waals surface area contributed by atoms with E-state index in [1.807, 2.05) is 12.1 Å². The Hall–Kier alpha value is -2.86. The maximum absolute atomic E-state index is 13.5. The molecule has 0 saturated heterocycles. The predicted molar refractivity (Wildman–Crippen MR) is 161 cm³/mol. The van der Waals surface area contributed by atoms with Crippen LogP contribution in [-0.2, 0) is 17.9 Å². The lowest BCUT2D eigenvalue weighted by Crippen LogP contribution is -2.46. The van der Waals surface area contributed by atoms with Crippen molar-refractivity contribution in [3.8, 4) is 0 Å². The van der Waals surface area contributed by atoms with Crippen molar-refractivity contribution in [2.24, 2.45) is 16.5 Å². The lowest BCUT2D eigenvalue weighted by molar-refractivity contribution is -0.127. The summed E-state index contributed by atoms with van der Waals surface area (Å²) in [5.74, 6) is 0.190. The number of rotatable bonds is 21. The molecule has 5 N–H and O–H groups in total. The van der Waals surface area contributed by atoms with Gasteiger partial charge in [0.2, 0.25) is 5.91 Å². The van der Waals surface area contributed by atoms with Gasteiger partial charge in [0.1, 0.15) is 0 Å². The molecular weight excluding hydrogens is 470 g/mol. The Balaban J connectivity index is 1.93. The second kappa shape index (κ2) is 20.1. The summed E-state index contributed by atoms with van der Waals surface area (Å²) < 4.78 is 0. The Morgan fingerprint density at radius 3 is 1.76 bits per heavy atom. The van der Waals surface area contributed by atoms with Gasteiger partial charge in [-0.2, -0.15) is 0 Å². The molecule has 0 aliphatic carbocycles. The van der Waals surface area contributed by atoms with Crippen LogP contribution in [0.2, 0.25) is 0 Å². The minimum Gasteiger partial charge on any atom is -0.370 e. The number of hydrogen-bond donors (Lipinski definition) is 3. The van der Waals surface area contributed by atoms with Crippen molar-refractivity contribution in [1.82, 2.24) is 10.2 Å². The van der Waals surface area contributed by atoms with Crippen LogP contribution in [-0.4, -0.2) is 35.9 Å². The van der Waals surface area contributed by atoms with E-state index >= 15 is 0 Å².